The summed E-state index contributed by atoms with van der Waals surface area (Å²) in [5.41, 5.74) is 1.52. The summed E-state index contributed by atoms with van der Waals surface area (Å²) in [6.07, 6.45) is 3.80. The number of benzene rings is 2. The van der Waals surface area contributed by atoms with Gasteiger partial charge in [-0.25, -0.2) is 0 Å². The molecule has 0 bridgehead atoms. The van der Waals surface area contributed by atoms with Crippen molar-refractivity contribution in [2.45, 2.75) is 18.4 Å². The van der Waals surface area contributed by atoms with E-state index in [0.29, 0.717) is 17.1 Å². The standard InChI is InChI=1S/C19H18FNO2/c20-21-13-5-4-12-19(21,14-18(22)23)17-10-8-16(9-11-17)15-6-2-1-3-7-15/h1-4,6-12H,5,13-14H2,(H,22,23). The van der Waals surface area contributed by atoms with E-state index in [0.717, 1.165) is 11.1 Å². The zero-order valence-corrected chi connectivity index (χ0v) is 12.7. The number of hydrogen-bond donors (Lipinski definition) is 1. The van der Waals surface area contributed by atoms with Gasteiger partial charge in [-0.15, -0.1) is 9.60 Å². The number of carbonyl (C=O) groups is 1. The molecule has 1 atom stereocenters. The molecule has 4 heteroatoms. The van der Waals surface area contributed by atoms with E-state index in [1.165, 1.54) is 0 Å². The minimum Gasteiger partial charge on any atom is -0.481 e. The molecule has 1 unspecified atom stereocenters. The fraction of sp³-hybridized carbons (Fsp3) is 0.211. The summed E-state index contributed by atoms with van der Waals surface area (Å²) in [7, 11) is 0. The van der Waals surface area contributed by atoms with Gasteiger partial charge in [-0.3, -0.25) is 4.79 Å². The fourth-order valence-electron chi connectivity index (χ4n) is 3.04. The molecule has 3 nitrogen and oxygen atoms in total. The average Bonchev–Trinajstić information content (AvgIpc) is 2.58. The average molecular weight is 311 g/mol. The smallest absolute Gasteiger partial charge is 0.306 e. The maximum atomic E-state index is 14.5. The molecule has 118 valence electrons. The second-order valence-electron chi connectivity index (χ2n) is 5.71. The first kappa shape index (κ1) is 15.4. The second kappa shape index (κ2) is 6.34. The van der Waals surface area contributed by atoms with Gasteiger partial charge in [0.05, 0.1) is 6.42 Å². The predicted molar refractivity (Wildman–Crippen MR) is 87.4 cm³/mol. The first-order valence-corrected chi connectivity index (χ1v) is 7.61. The topological polar surface area (TPSA) is 40.5 Å². The molecule has 2 aromatic carbocycles. The highest BCUT2D eigenvalue weighted by Crippen LogP contribution is 2.38. The van der Waals surface area contributed by atoms with Gasteiger partial charge in [0.2, 0.25) is 0 Å². The van der Waals surface area contributed by atoms with Crippen LogP contribution in [0.2, 0.25) is 0 Å². The molecular formula is C19H18FNO2. The van der Waals surface area contributed by atoms with Crippen molar-refractivity contribution in [3.8, 4) is 11.1 Å². The molecule has 0 aliphatic carbocycles. The fourth-order valence-corrected chi connectivity index (χ4v) is 3.04. The third kappa shape index (κ3) is 3.03. The van der Waals surface area contributed by atoms with Crippen molar-refractivity contribution in [2.24, 2.45) is 0 Å². The zero-order valence-electron chi connectivity index (χ0n) is 12.7. The maximum Gasteiger partial charge on any atom is 0.306 e. The van der Waals surface area contributed by atoms with E-state index in [1.54, 1.807) is 6.08 Å². The Hall–Kier alpha value is -2.46. The molecule has 2 aromatic rings. The first-order valence-electron chi connectivity index (χ1n) is 7.61. The number of aliphatic carboxylic acids is 1. The molecule has 0 radical (unpaired) electrons. The second-order valence-corrected chi connectivity index (χ2v) is 5.71. The normalized spacial score (nSPS) is 21.3. The highest BCUT2D eigenvalue weighted by atomic mass is 19.2. The molecule has 0 aromatic heterocycles. The van der Waals surface area contributed by atoms with E-state index in [-0.39, 0.29) is 13.0 Å². The molecule has 1 heterocycles. The lowest BCUT2D eigenvalue weighted by atomic mass is 9.83. The van der Waals surface area contributed by atoms with Crippen molar-refractivity contribution in [1.82, 2.24) is 5.12 Å². The van der Waals surface area contributed by atoms with E-state index < -0.39 is 11.5 Å². The highest BCUT2D eigenvalue weighted by molar-refractivity contribution is 5.70. The van der Waals surface area contributed by atoms with E-state index in [1.807, 2.05) is 60.7 Å². The van der Waals surface area contributed by atoms with Crippen molar-refractivity contribution in [3.63, 3.8) is 0 Å². The quantitative estimate of drug-likeness (QED) is 0.680. The third-order valence-corrected chi connectivity index (χ3v) is 4.23. The summed E-state index contributed by atoms with van der Waals surface area (Å²) in [4.78, 5) is 11.3. The van der Waals surface area contributed by atoms with Gasteiger partial charge < -0.3 is 5.11 Å². The lowest BCUT2D eigenvalue weighted by Crippen LogP contribution is -2.43. The maximum absolute atomic E-state index is 14.5. The Kier molecular flexibility index (Phi) is 4.26. The third-order valence-electron chi connectivity index (χ3n) is 4.23. The van der Waals surface area contributed by atoms with Crippen LogP contribution in [0.5, 0.6) is 0 Å². The van der Waals surface area contributed by atoms with Crippen LogP contribution in [-0.4, -0.2) is 22.7 Å². The van der Waals surface area contributed by atoms with Crippen LogP contribution in [0.1, 0.15) is 18.4 Å². The van der Waals surface area contributed by atoms with Crippen molar-refractivity contribution < 1.29 is 14.4 Å². The lowest BCUT2D eigenvalue weighted by molar-refractivity contribution is -0.145. The van der Waals surface area contributed by atoms with Crippen LogP contribution in [0, 0.1) is 0 Å². The van der Waals surface area contributed by atoms with Crippen LogP contribution in [0.15, 0.2) is 66.7 Å². The Morgan fingerprint density at radius 3 is 2.35 bits per heavy atom. The van der Waals surface area contributed by atoms with Gasteiger partial charge in [0.1, 0.15) is 5.54 Å². The van der Waals surface area contributed by atoms with Crippen LogP contribution in [0.3, 0.4) is 0 Å². The van der Waals surface area contributed by atoms with Gasteiger partial charge in [0.15, 0.2) is 0 Å². The molecule has 0 spiro atoms. The number of nitrogens with zero attached hydrogens (tertiary/aromatic N) is 1. The molecule has 1 aliphatic heterocycles. The lowest BCUT2D eigenvalue weighted by Gasteiger charge is -2.37. The summed E-state index contributed by atoms with van der Waals surface area (Å²) in [5.74, 6) is -1.02. The summed E-state index contributed by atoms with van der Waals surface area (Å²) < 4.78 is 14.5. The highest BCUT2D eigenvalue weighted by Gasteiger charge is 2.40. The van der Waals surface area contributed by atoms with Crippen molar-refractivity contribution in [3.05, 3.63) is 72.3 Å². The summed E-state index contributed by atoms with van der Waals surface area (Å²) in [6.45, 7) is 0.199. The van der Waals surface area contributed by atoms with Gasteiger partial charge in [-0.2, -0.15) is 0 Å². The minimum absolute atomic E-state index is 0.199. The van der Waals surface area contributed by atoms with Crippen LogP contribution < -0.4 is 0 Å². The molecule has 1 N–H and O–H groups in total. The molecule has 23 heavy (non-hydrogen) atoms. The van der Waals surface area contributed by atoms with Gasteiger partial charge in [-0.05, 0) is 23.1 Å². The van der Waals surface area contributed by atoms with Crippen molar-refractivity contribution >= 4 is 5.97 Å². The van der Waals surface area contributed by atoms with Crippen molar-refractivity contribution in [2.75, 3.05) is 6.54 Å². The molecule has 3 rings (SSSR count). The van der Waals surface area contributed by atoms with Crippen LogP contribution >= 0.6 is 0 Å². The summed E-state index contributed by atoms with van der Waals surface area (Å²) in [6, 6.07) is 17.3. The van der Waals surface area contributed by atoms with Gasteiger partial charge in [-0.1, -0.05) is 66.7 Å². The molecule has 1 aliphatic rings. The number of carboxylic acids is 1. The van der Waals surface area contributed by atoms with E-state index >= 15 is 0 Å². The molecule has 0 saturated heterocycles. The van der Waals surface area contributed by atoms with E-state index in [4.69, 9.17) is 0 Å². The van der Waals surface area contributed by atoms with Crippen molar-refractivity contribution in [1.29, 1.82) is 0 Å². The number of halogens is 1. The van der Waals surface area contributed by atoms with Gasteiger partial charge in [0, 0.05) is 6.54 Å². The van der Waals surface area contributed by atoms with Crippen LogP contribution in [0.25, 0.3) is 11.1 Å². The molecule has 0 fully saturated rings. The van der Waals surface area contributed by atoms with Crippen LogP contribution in [0.4, 0.5) is 4.48 Å². The molecule has 0 saturated carbocycles. The van der Waals surface area contributed by atoms with Crippen LogP contribution in [-0.2, 0) is 10.3 Å². The Morgan fingerprint density at radius 2 is 1.74 bits per heavy atom. The Balaban J connectivity index is 1.99. The SMILES string of the molecule is O=C(O)CC1(c2ccc(-c3ccccc3)cc2)C=CCCN1F. The number of hydrogen-bond acceptors (Lipinski definition) is 2. The predicted octanol–water partition coefficient (Wildman–Crippen LogP) is 4.17. The Labute approximate surface area is 134 Å². The van der Waals surface area contributed by atoms with Gasteiger partial charge in [0.25, 0.3) is 0 Å². The van der Waals surface area contributed by atoms with Gasteiger partial charge >= 0.3 is 5.97 Å². The largest absolute Gasteiger partial charge is 0.481 e. The monoisotopic (exact) mass is 311 g/mol. The number of carboxylic acid groups (broad SMARTS) is 1. The first-order chi connectivity index (χ1) is 11.1. The minimum atomic E-state index is -1.22. The molecule has 0 amide bonds. The Bertz CT molecular complexity index is 712. The summed E-state index contributed by atoms with van der Waals surface area (Å²) in [5, 5.41) is 9.85. The molecular weight excluding hydrogens is 293 g/mol. The van der Waals surface area contributed by atoms with E-state index in [2.05, 4.69) is 0 Å². The van der Waals surface area contributed by atoms with E-state index in [9.17, 15) is 14.4 Å². The number of rotatable bonds is 4. The zero-order chi connectivity index (χ0) is 16.3. The summed E-state index contributed by atoms with van der Waals surface area (Å²) >= 11 is 0. The Morgan fingerprint density at radius 1 is 1.09 bits per heavy atom.